The van der Waals surface area contributed by atoms with Gasteiger partial charge in [-0.15, -0.1) is 5.10 Å². The van der Waals surface area contributed by atoms with Crippen LogP contribution in [-0.4, -0.2) is 14.8 Å². The summed E-state index contributed by atoms with van der Waals surface area (Å²) in [4.78, 5) is 4.07. The molecular formula is C13H13F3N4. The first-order chi connectivity index (χ1) is 9.47. The van der Waals surface area contributed by atoms with Gasteiger partial charge in [-0.3, -0.25) is 0 Å². The number of anilines is 1. The molecule has 1 aliphatic heterocycles. The molecular weight excluding hydrogens is 269 g/mol. The lowest BCUT2D eigenvalue weighted by Gasteiger charge is -2.26. The molecule has 0 fully saturated rings. The number of alkyl halides is 3. The molecule has 106 valence electrons. The first-order valence-corrected chi connectivity index (χ1v) is 6.34. The Balaban J connectivity index is 2.11. The van der Waals surface area contributed by atoms with Crippen LogP contribution in [0.15, 0.2) is 24.3 Å². The minimum absolute atomic E-state index is 0.108. The minimum Gasteiger partial charge on any atom is -0.366 e. The molecule has 0 spiro atoms. The Kier molecular flexibility index (Phi) is 2.92. The van der Waals surface area contributed by atoms with Gasteiger partial charge in [0.05, 0.1) is 11.6 Å². The Morgan fingerprint density at radius 3 is 2.75 bits per heavy atom. The van der Waals surface area contributed by atoms with E-state index in [4.69, 9.17) is 5.73 Å². The fraction of sp³-hybridized carbons (Fsp3) is 0.385. The van der Waals surface area contributed by atoms with Crippen LogP contribution in [0.1, 0.15) is 35.8 Å². The van der Waals surface area contributed by atoms with E-state index in [2.05, 4.69) is 10.1 Å². The number of aryl methyl sites for hydroxylation is 1. The van der Waals surface area contributed by atoms with Gasteiger partial charge in [-0.2, -0.15) is 18.2 Å². The van der Waals surface area contributed by atoms with Crippen LogP contribution >= 0.6 is 0 Å². The van der Waals surface area contributed by atoms with E-state index in [0.29, 0.717) is 18.7 Å². The van der Waals surface area contributed by atoms with Crippen molar-refractivity contribution in [3.8, 4) is 0 Å². The van der Waals surface area contributed by atoms with Crippen LogP contribution in [-0.2, 0) is 12.6 Å². The maximum atomic E-state index is 13.1. The first kappa shape index (κ1) is 13.0. The number of aromatic nitrogens is 3. The fourth-order valence-corrected chi connectivity index (χ4v) is 2.70. The maximum absolute atomic E-state index is 13.1. The van der Waals surface area contributed by atoms with Crippen molar-refractivity contribution in [1.82, 2.24) is 14.8 Å². The zero-order valence-electron chi connectivity index (χ0n) is 10.6. The van der Waals surface area contributed by atoms with Crippen molar-refractivity contribution in [3.63, 3.8) is 0 Å². The van der Waals surface area contributed by atoms with Gasteiger partial charge < -0.3 is 5.73 Å². The van der Waals surface area contributed by atoms with E-state index < -0.39 is 17.8 Å². The molecule has 4 nitrogen and oxygen atoms in total. The minimum atomic E-state index is -4.37. The number of halogens is 3. The van der Waals surface area contributed by atoms with E-state index in [1.54, 1.807) is 6.07 Å². The predicted octanol–water partition coefficient (Wildman–Crippen LogP) is 2.80. The highest BCUT2D eigenvalue weighted by atomic mass is 19.4. The predicted molar refractivity (Wildman–Crippen MR) is 67.0 cm³/mol. The summed E-state index contributed by atoms with van der Waals surface area (Å²) in [7, 11) is 0. The van der Waals surface area contributed by atoms with Gasteiger partial charge in [0.25, 0.3) is 0 Å². The van der Waals surface area contributed by atoms with Gasteiger partial charge in [0, 0.05) is 6.42 Å². The SMILES string of the molecule is Nc1nc2n(n1)C(c1ccccc1C(F)(F)F)CCC2. The van der Waals surface area contributed by atoms with Crippen LogP contribution in [0.2, 0.25) is 0 Å². The van der Waals surface area contributed by atoms with Gasteiger partial charge in [0.15, 0.2) is 0 Å². The van der Waals surface area contributed by atoms with Gasteiger partial charge in [0.1, 0.15) is 5.82 Å². The molecule has 1 aromatic carbocycles. The molecule has 0 aliphatic carbocycles. The molecule has 2 N–H and O–H groups in total. The summed E-state index contributed by atoms with van der Waals surface area (Å²) in [5, 5.41) is 4.05. The molecule has 0 amide bonds. The number of nitrogen functional groups attached to an aromatic ring is 1. The molecule has 1 atom stereocenters. The molecule has 1 aromatic heterocycles. The summed E-state index contributed by atoms with van der Waals surface area (Å²) in [6.45, 7) is 0. The Morgan fingerprint density at radius 1 is 1.25 bits per heavy atom. The van der Waals surface area contributed by atoms with Crippen LogP contribution in [0.5, 0.6) is 0 Å². The third-order valence-electron chi connectivity index (χ3n) is 3.52. The highest BCUT2D eigenvalue weighted by Crippen LogP contribution is 2.38. The largest absolute Gasteiger partial charge is 0.416 e. The molecule has 0 bridgehead atoms. The third kappa shape index (κ3) is 2.13. The molecule has 2 heterocycles. The van der Waals surface area contributed by atoms with E-state index in [-0.39, 0.29) is 11.5 Å². The molecule has 7 heteroatoms. The van der Waals surface area contributed by atoms with Gasteiger partial charge in [0.2, 0.25) is 5.95 Å². The van der Waals surface area contributed by atoms with Crippen molar-refractivity contribution in [3.05, 3.63) is 41.2 Å². The Hall–Kier alpha value is -2.05. The van der Waals surface area contributed by atoms with Crippen molar-refractivity contribution in [1.29, 1.82) is 0 Å². The summed E-state index contributed by atoms with van der Waals surface area (Å²) >= 11 is 0. The Bertz CT molecular complexity index is 633. The molecule has 1 unspecified atom stereocenters. The van der Waals surface area contributed by atoms with Crippen LogP contribution in [0.3, 0.4) is 0 Å². The summed E-state index contributed by atoms with van der Waals surface area (Å²) in [5.41, 5.74) is 5.17. The van der Waals surface area contributed by atoms with E-state index in [1.165, 1.54) is 16.8 Å². The summed E-state index contributed by atoms with van der Waals surface area (Å²) in [5.74, 6) is 0.757. The van der Waals surface area contributed by atoms with E-state index in [0.717, 1.165) is 12.5 Å². The van der Waals surface area contributed by atoms with Gasteiger partial charge in [-0.25, -0.2) is 4.68 Å². The van der Waals surface area contributed by atoms with Crippen LogP contribution in [0.4, 0.5) is 19.1 Å². The standard InChI is InChI=1S/C13H13F3N4/c14-13(15,16)9-5-2-1-4-8(9)10-6-3-7-11-18-12(17)19-20(10)11/h1-2,4-5,10H,3,6-7H2,(H2,17,19). The van der Waals surface area contributed by atoms with Gasteiger partial charge >= 0.3 is 6.18 Å². The number of rotatable bonds is 1. The summed E-state index contributed by atoms with van der Waals surface area (Å²) in [6.07, 6.45) is -2.31. The number of nitrogens with two attached hydrogens (primary N) is 1. The zero-order chi connectivity index (χ0) is 14.3. The maximum Gasteiger partial charge on any atom is 0.416 e. The Morgan fingerprint density at radius 2 is 2.00 bits per heavy atom. The molecule has 3 rings (SSSR count). The van der Waals surface area contributed by atoms with Gasteiger partial charge in [-0.05, 0) is 24.5 Å². The molecule has 0 saturated carbocycles. The fourth-order valence-electron chi connectivity index (χ4n) is 2.70. The van der Waals surface area contributed by atoms with Crippen molar-refractivity contribution in [2.24, 2.45) is 0 Å². The summed E-state index contributed by atoms with van der Waals surface area (Å²) < 4.78 is 40.9. The number of benzene rings is 1. The number of hydrogen-bond donors (Lipinski definition) is 1. The van der Waals surface area contributed by atoms with Gasteiger partial charge in [-0.1, -0.05) is 18.2 Å². The molecule has 2 aromatic rings. The smallest absolute Gasteiger partial charge is 0.366 e. The Labute approximate surface area is 113 Å². The highest BCUT2D eigenvalue weighted by molar-refractivity contribution is 5.34. The second-order valence-electron chi connectivity index (χ2n) is 4.82. The van der Waals surface area contributed by atoms with Crippen molar-refractivity contribution in [2.75, 3.05) is 5.73 Å². The molecule has 20 heavy (non-hydrogen) atoms. The number of nitrogens with zero attached hydrogens (tertiary/aromatic N) is 3. The van der Waals surface area contributed by atoms with Crippen molar-refractivity contribution >= 4 is 5.95 Å². The lowest BCUT2D eigenvalue weighted by Crippen LogP contribution is -2.23. The first-order valence-electron chi connectivity index (χ1n) is 6.34. The quantitative estimate of drug-likeness (QED) is 0.875. The lowest BCUT2D eigenvalue weighted by molar-refractivity contribution is -0.138. The average molecular weight is 282 g/mol. The van der Waals surface area contributed by atoms with E-state index in [9.17, 15) is 13.2 Å². The molecule has 0 radical (unpaired) electrons. The second-order valence-corrected chi connectivity index (χ2v) is 4.82. The number of fused-ring (bicyclic) bond motifs is 1. The summed E-state index contributed by atoms with van der Waals surface area (Å²) in [6, 6.07) is 5.15. The second kappa shape index (κ2) is 4.50. The third-order valence-corrected chi connectivity index (χ3v) is 3.52. The van der Waals surface area contributed by atoms with Crippen molar-refractivity contribution in [2.45, 2.75) is 31.5 Å². The van der Waals surface area contributed by atoms with Crippen molar-refractivity contribution < 1.29 is 13.2 Å². The zero-order valence-corrected chi connectivity index (χ0v) is 10.6. The molecule has 0 saturated heterocycles. The van der Waals surface area contributed by atoms with Crippen LogP contribution in [0.25, 0.3) is 0 Å². The topological polar surface area (TPSA) is 56.7 Å². The molecule has 1 aliphatic rings. The monoisotopic (exact) mass is 282 g/mol. The average Bonchev–Trinajstić information content (AvgIpc) is 2.77. The van der Waals surface area contributed by atoms with E-state index in [1.807, 2.05) is 0 Å². The van der Waals surface area contributed by atoms with E-state index >= 15 is 0 Å². The van der Waals surface area contributed by atoms with Crippen LogP contribution in [0, 0.1) is 0 Å². The lowest BCUT2D eigenvalue weighted by atomic mass is 9.93. The van der Waals surface area contributed by atoms with Crippen LogP contribution < -0.4 is 5.73 Å². The highest BCUT2D eigenvalue weighted by Gasteiger charge is 2.36. The number of hydrogen-bond acceptors (Lipinski definition) is 3. The normalized spacial score (nSPS) is 18.9.